The van der Waals surface area contributed by atoms with Gasteiger partial charge in [-0.3, -0.25) is 18.8 Å². The fourth-order valence-electron chi connectivity index (χ4n) is 5.38. The van der Waals surface area contributed by atoms with E-state index in [1.54, 1.807) is 31.2 Å². The molecule has 2 atom stereocenters. The summed E-state index contributed by atoms with van der Waals surface area (Å²) in [5, 5.41) is 0. The lowest BCUT2D eigenvalue weighted by Crippen LogP contribution is -2.48. The number of primary amides is 1. The van der Waals surface area contributed by atoms with Crippen molar-refractivity contribution < 1.29 is 9.18 Å². The summed E-state index contributed by atoms with van der Waals surface area (Å²) in [5.74, 6) is -2.42. The van der Waals surface area contributed by atoms with Crippen LogP contribution in [0, 0.1) is 0 Å². The zero-order valence-electron chi connectivity index (χ0n) is 17.6. The van der Waals surface area contributed by atoms with E-state index in [4.69, 9.17) is 5.73 Å². The monoisotopic (exact) mass is 422 g/mol. The Bertz CT molecular complexity index is 1210. The molecule has 1 saturated heterocycles. The van der Waals surface area contributed by atoms with Gasteiger partial charge in [-0.25, -0.2) is 9.18 Å². The number of nitrogens with two attached hydrogens (primary N) is 1. The second-order valence-electron chi connectivity index (χ2n) is 8.76. The summed E-state index contributed by atoms with van der Waals surface area (Å²) in [7, 11) is 0. The van der Waals surface area contributed by atoms with Crippen molar-refractivity contribution >= 4 is 16.9 Å². The number of alkyl halides is 1. The number of likely N-dealkylation sites (tertiary alicyclic amines) is 1. The molecule has 1 aromatic heterocycles. The molecule has 2 aromatic carbocycles. The zero-order chi connectivity index (χ0) is 21.8. The number of nitrogens with zero attached hydrogens (tertiary/aromatic N) is 3. The molecule has 0 spiro atoms. The summed E-state index contributed by atoms with van der Waals surface area (Å²) in [6.45, 7) is 2.73. The summed E-state index contributed by atoms with van der Waals surface area (Å²) >= 11 is 0. The van der Waals surface area contributed by atoms with E-state index in [2.05, 4.69) is 29.2 Å². The Morgan fingerprint density at radius 1 is 1.10 bits per heavy atom. The predicted molar refractivity (Wildman–Crippen MR) is 117 cm³/mol. The molecule has 7 heteroatoms. The third-order valence-electron chi connectivity index (χ3n) is 7.09. The number of carbonyl (C=O) groups excluding carboxylic acids is 1. The number of aromatic nitrogens is 2. The molecule has 2 heterocycles. The maximum absolute atomic E-state index is 16.3. The standard InChI is InChI=1S/C24H27FN4O2/c1-16(22(26)30)28-20-8-4-5-9-21(20)29(23(28)31)24(25)12-14-27(15-13-24)19-11-10-17-6-2-3-7-18(17)19/h2-9,16,19H,10-15H2,1H3,(H2,26,30). The maximum atomic E-state index is 16.3. The van der Waals surface area contributed by atoms with Gasteiger partial charge in [0.2, 0.25) is 5.91 Å². The lowest BCUT2D eigenvalue weighted by molar-refractivity contribution is -0.120. The van der Waals surface area contributed by atoms with Gasteiger partial charge in [-0.05, 0) is 43.0 Å². The summed E-state index contributed by atoms with van der Waals surface area (Å²) < 4.78 is 18.9. The number of piperidine rings is 1. The lowest BCUT2D eigenvalue weighted by Gasteiger charge is -2.40. The number of benzene rings is 2. The molecule has 2 N–H and O–H groups in total. The topological polar surface area (TPSA) is 73.3 Å². The summed E-state index contributed by atoms with van der Waals surface area (Å²) in [6, 6.07) is 15.0. The third kappa shape index (κ3) is 3.10. The number of para-hydroxylation sites is 2. The van der Waals surface area contributed by atoms with Crippen LogP contribution in [0.4, 0.5) is 4.39 Å². The van der Waals surface area contributed by atoms with Gasteiger partial charge in [-0.1, -0.05) is 36.4 Å². The van der Waals surface area contributed by atoms with Crippen LogP contribution in [0.5, 0.6) is 0 Å². The SMILES string of the molecule is CC(C(N)=O)n1c(=O)n(C2(F)CCN(C3CCc4ccccc43)CC2)c2ccccc21. The molecule has 0 bridgehead atoms. The first kappa shape index (κ1) is 20.0. The molecular formula is C24H27FN4O2. The van der Waals surface area contributed by atoms with Crippen LogP contribution in [-0.4, -0.2) is 33.0 Å². The van der Waals surface area contributed by atoms with Crippen molar-refractivity contribution in [1.82, 2.24) is 14.0 Å². The minimum atomic E-state index is -1.80. The van der Waals surface area contributed by atoms with Crippen molar-refractivity contribution in [1.29, 1.82) is 0 Å². The Morgan fingerprint density at radius 2 is 1.74 bits per heavy atom. The van der Waals surface area contributed by atoms with Gasteiger partial charge in [0.1, 0.15) is 6.04 Å². The molecule has 162 valence electrons. The van der Waals surface area contributed by atoms with Gasteiger partial charge in [-0.2, -0.15) is 0 Å². The van der Waals surface area contributed by atoms with Crippen molar-refractivity contribution in [3.8, 4) is 0 Å². The second kappa shape index (κ2) is 7.34. The molecule has 6 nitrogen and oxygen atoms in total. The number of rotatable bonds is 4. The first-order valence-corrected chi connectivity index (χ1v) is 10.9. The largest absolute Gasteiger partial charge is 0.368 e. The van der Waals surface area contributed by atoms with Crippen LogP contribution in [0.2, 0.25) is 0 Å². The van der Waals surface area contributed by atoms with E-state index in [0.29, 0.717) is 30.2 Å². The number of amides is 1. The van der Waals surface area contributed by atoms with Crippen molar-refractivity contribution in [2.45, 2.75) is 50.5 Å². The number of hydrogen-bond donors (Lipinski definition) is 1. The molecule has 31 heavy (non-hydrogen) atoms. The molecule has 0 saturated carbocycles. The summed E-state index contributed by atoms with van der Waals surface area (Å²) in [6.07, 6.45) is 2.55. The first-order chi connectivity index (χ1) is 14.9. The smallest absolute Gasteiger partial charge is 0.332 e. The minimum absolute atomic E-state index is 0.227. The van der Waals surface area contributed by atoms with E-state index >= 15 is 4.39 Å². The van der Waals surface area contributed by atoms with Crippen molar-refractivity contribution in [2.75, 3.05) is 13.1 Å². The van der Waals surface area contributed by atoms with E-state index in [-0.39, 0.29) is 12.8 Å². The Hall–Kier alpha value is -2.93. The highest BCUT2D eigenvalue weighted by atomic mass is 19.1. The van der Waals surface area contributed by atoms with Gasteiger partial charge in [-0.15, -0.1) is 0 Å². The van der Waals surface area contributed by atoms with Crippen LogP contribution in [0.3, 0.4) is 0 Å². The number of hydrogen-bond acceptors (Lipinski definition) is 3. The van der Waals surface area contributed by atoms with Gasteiger partial charge >= 0.3 is 5.69 Å². The quantitative estimate of drug-likeness (QED) is 0.701. The Kier molecular flexibility index (Phi) is 4.73. The highest BCUT2D eigenvalue weighted by Gasteiger charge is 2.42. The molecule has 3 aromatic rings. The number of fused-ring (bicyclic) bond motifs is 2. The van der Waals surface area contributed by atoms with Crippen LogP contribution >= 0.6 is 0 Å². The fourth-order valence-corrected chi connectivity index (χ4v) is 5.38. The zero-order valence-corrected chi connectivity index (χ0v) is 17.6. The highest BCUT2D eigenvalue weighted by molar-refractivity contribution is 5.82. The van der Waals surface area contributed by atoms with Gasteiger partial charge in [0, 0.05) is 32.0 Å². The molecule has 1 fully saturated rings. The van der Waals surface area contributed by atoms with Crippen LogP contribution in [0.1, 0.15) is 49.4 Å². The molecule has 2 unspecified atom stereocenters. The molecule has 1 aliphatic heterocycles. The van der Waals surface area contributed by atoms with E-state index in [9.17, 15) is 9.59 Å². The Labute approximate surface area is 180 Å². The molecule has 2 aliphatic rings. The summed E-state index contributed by atoms with van der Waals surface area (Å²) in [4.78, 5) is 27.5. The van der Waals surface area contributed by atoms with Gasteiger partial charge < -0.3 is 5.73 Å². The predicted octanol–water partition coefficient (Wildman–Crippen LogP) is 3.25. The van der Waals surface area contributed by atoms with E-state index < -0.39 is 23.4 Å². The van der Waals surface area contributed by atoms with Crippen LogP contribution in [-0.2, 0) is 17.0 Å². The highest BCUT2D eigenvalue weighted by Crippen LogP contribution is 2.41. The minimum Gasteiger partial charge on any atom is -0.368 e. The second-order valence-corrected chi connectivity index (χ2v) is 8.76. The van der Waals surface area contributed by atoms with Crippen LogP contribution in [0.15, 0.2) is 53.3 Å². The van der Waals surface area contributed by atoms with Gasteiger partial charge in [0.05, 0.1) is 11.0 Å². The Morgan fingerprint density at radius 3 is 2.45 bits per heavy atom. The fraction of sp³-hybridized carbons (Fsp3) is 0.417. The number of halogens is 1. The van der Waals surface area contributed by atoms with E-state index in [1.807, 2.05) is 0 Å². The van der Waals surface area contributed by atoms with Gasteiger partial charge in [0.15, 0.2) is 5.79 Å². The van der Waals surface area contributed by atoms with Crippen LogP contribution in [0.25, 0.3) is 11.0 Å². The lowest BCUT2D eigenvalue weighted by atomic mass is 9.98. The van der Waals surface area contributed by atoms with Crippen molar-refractivity contribution in [3.05, 3.63) is 70.1 Å². The molecule has 1 aliphatic carbocycles. The van der Waals surface area contributed by atoms with E-state index in [0.717, 1.165) is 12.8 Å². The first-order valence-electron chi connectivity index (χ1n) is 10.9. The average Bonchev–Trinajstić information content (AvgIpc) is 3.32. The Balaban J connectivity index is 1.48. The number of imidazole rings is 1. The summed E-state index contributed by atoms with van der Waals surface area (Å²) in [5.41, 5.74) is 8.71. The maximum Gasteiger partial charge on any atom is 0.332 e. The van der Waals surface area contributed by atoms with Crippen molar-refractivity contribution in [3.63, 3.8) is 0 Å². The number of aryl methyl sites for hydroxylation is 1. The van der Waals surface area contributed by atoms with Crippen LogP contribution < -0.4 is 11.4 Å². The molecule has 1 amide bonds. The normalized spacial score (nSPS) is 21.8. The van der Waals surface area contributed by atoms with Gasteiger partial charge in [0.25, 0.3) is 0 Å². The van der Waals surface area contributed by atoms with Crippen molar-refractivity contribution in [2.24, 2.45) is 5.73 Å². The number of carbonyl (C=O) groups is 1. The van der Waals surface area contributed by atoms with E-state index in [1.165, 1.54) is 20.3 Å². The average molecular weight is 423 g/mol. The third-order valence-corrected chi connectivity index (χ3v) is 7.09. The molecular weight excluding hydrogens is 395 g/mol. The molecule has 5 rings (SSSR count). The molecule has 0 radical (unpaired) electrons.